The van der Waals surface area contributed by atoms with Crippen molar-refractivity contribution in [3.05, 3.63) is 93.4 Å². The molecule has 3 aromatic heterocycles. The summed E-state index contributed by atoms with van der Waals surface area (Å²) >= 11 is 24.2. The third-order valence-corrected chi connectivity index (χ3v) is 15.5. The van der Waals surface area contributed by atoms with Crippen molar-refractivity contribution in [3.63, 3.8) is 0 Å². The van der Waals surface area contributed by atoms with Crippen molar-refractivity contribution in [2.45, 2.75) is 86.7 Å². The summed E-state index contributed by atoms with van der Waals surface area (Å²) in [6, 6.07) is 11.7. The number of rotatable bonds is 15. The minimum atomic E-state index is -4.08. The maximum absolute atomic E-state index is 12.5. The van der Waals surface area contributed by atoms with Crippen LogP contribution >= 0.6 is 46.4 Å². The van der Waals surface area contributed by atoms with E-state index in [1.165, 1.54) is 61.1 Å². The molecule has 3 heterocycles. The average molecular weight is 1080 g/mol. The molecule has 372 valence electrons. The lowest BCUT2D eigenvalue weighted by molar-refractivity contribution is -0.139. The van der Waals surface area contributed by atoms with Crippen LogP contribution < -0.4 is 37.1 Å². The summed E-state index contributed by atoms with van der Waals surface area (Å²) in [7, 11) is -11.3. The number of guanidine groups is 2. The minimum absolute atomic E-state index is 0. The van der Waals surface area contributed by atoms with Crippen molar-refractivity contribution in [2.75, 3.05) is 0 Å². The second-order valence-corrected chi connectivity index (χ2v) is 21.5. The number of benzene rings is 3. The largest absolute Gasteiger partial charge is 0.480 e. The van der Waals surface area contributed by atoms with Crippen LogP contribution in [0.4, 0.5) is 11.6 Å². The molecule has 0 amide bonds. The number of carboxylic acid groups (broad SMARTS) is 1. The van der Waals surface area contributed by atoms with Crippen LogP contribution in [-0.4, -0.2) is 81.3 Å². The van der Waals surface area contributed by atoms with Crippen LogP contribution in [0, 0.1) is 0 Å². The average Bonchev–Trinajstić information content (AvgIpc) is 3.28. The number of sulfonamides is 3. The molecule has 0 aliphatic carbocycles. The number of aliphatic carboxylic acids is 1. The molecule has 0 aliphatic rings. The van der Waals surface area contributed by atoms with Crippen molar-refractivity contribution >= 4 is 138 Å². The molecular weight excluding hydrogens is 1030 g/mol. The van der Waals surface area contributed by atoms with Gasteiger partial charge in [0.2, 0.25) is 30.1 Å². The number of aliphatic imine (C=N–C) groups is 2. The van der Waals surface area contributed by atoms with Gasteiger partial charge < -0.3 is 28.0 Å². The number of nitrogens with two attached hydrogens (primary N) is 4. The SMILES string of the molecule is CC[C@@H](NS(=O)(=O)c1ccc2c(Cl)cnc(N=C(N)N)c2c1)C(=O)O.CC[C@H](C)NS(=O)(=O)c1ccc2c(Cl)cnc(Cl)c2c1.CC[C@H](C)NS(=O)(=O)c1ccc2c(Cl)cnc(N=C(N)N)c2c1.[2HH].[2HH].[2HH]. The Bertz CT molecular complexity index is 3270. The zero-order chi connectivity index (χ0) is 50.9. The third-order valence-electron chi connectivity index (χ3n) is 9.68. The summed E-state index contributed by atoms with van der Waals surface area (Å²) in [6.07, 6.45) is 5.68. The van der Waals surface area contributed by atoms with E-state index in [0.717, 1.165) is 0 Å². The van der Waals surface area contributed by atoms with Crippen LogP contribution in [0.1, 0.15) is 58.2 Å². The highest BCUT2D eigenvalue weighted by Gasteiger charge is 2.25. The Morgan fingerprint density at radius 2 is 0.912 bits per heavy atom. The van der Waals surface area contributed by atoms with E-state index in [4.69, 9.17) is 74.4 Å². The molecule has 6 aromatic rings. The molecule has 0 bridgehead atoms. The van der Waals surface area contributed by atoms with Gasteiger partial charge in [-0.15, -0.1) is 0 Å². The van der Waals surface area contributed by atoms with Crippen molar-refractivity contribution in [3.8, 4) is 0 Å². The summed E-state index contributed by atoms with van der Waals surface area (Å²) in [4.78, 5) is 30.9. The van der Waals surface area contributed by atoms with Gasteiger partial charge in [0.15, 0.2) is 23.6 Å². The lowest BCUT2D eigenvalue weighted by atomic mass is 10.1. The maximum atomic E-state index is 12.5. The Kier molecular flexibility index (Phi) is 19.1. The van der Waals surface area contributed by atoms with Gasteiger partial charge in [0.25, 0.3) is 0 Å². The molecule has 0 spiro atoms. The number of pyridine rings is 3. The molecule has 0 radical (unpaired) electrons. The number of carbonyl (C=O) groups is 1. The van der Waals surface area contributed by atoms with E-state index >= 15 is 0 Å². The van der Waals surface area contributed by atoms with E-state index in [1.807, 2.05) is 20.8 Å². The molecule has 3 aromatic carbocycles. The Hall–Kier alpha value is -5.21. The maximum Gasteiger partial charge on any atom is 0.321 e. The monoisotopic (exact) mass is 1080 g/mol. The van der Waals surface area contributed by atoms with E-state index in [1.54, 1.807) is 26.0 Å². The molecular formula is C41H54Cl4N12O8S3. The van der Waals surface area contributed by atoms with Gasteiger partial charge in [0.1, 0.15) is 11.2 Å². The highest BCUT2D eigenvalue weighted by Crippen LogP contribution is 2.34. The molecule has 0 saturated carbocycles. The molecule has 20 nitrogen and oxygen atoms in total. The van der Waals surface area contributed by atoms with Gasteiger partial charge in [-0.2, -0.15) is 14.7 Å². The fourth-order valence-corrected chi connectivity index (χ4v) is 10.7. The van der Waals surface area contributed by atoms with Gasteiger partial charge in [0, 0.05) is 67.3 Å². The summed E-state index contributed by atoms with van der Waals surface area (Å²) in [6.45, 7) is 8.97. The topological polar surface area (TPSA) is 343 Å². The number of hydrogen-bond donors (Lipinski definition) is 8. The standard InChI is InChI=1S/C14H16ClN5O4S.C14H18ClN5O2S.C13H14Cl2N2O2S.3H2/c1-2-11(13(21)22)20-25(23,24)7-3-4-8-9(5-7)12(19-14(16)17)18-6-10(8)15;1-3-8(2)20-23(21,22)9-4-5-10-11(6-9)13(19-14(16)17)18-7-12(10)15;1-3-8(2)17-20(18,19)9-4-5-10-11(6-9)13(15)16-7-12(10)14;;;/h3-6,11,20H,2H2,1H3,(H,21,22)(H4,16,17,18,19);4-8,20H,3H2,1-2H3,(H4,16,17,18,19);4-8,17H,3H2,1-2H3;3*1H/t11-;2*8-;;;/m100.../s1/i;;;3*1+1. The Balaban J connectivity index is 0.000000524. The van der Waals surface area contributed by atoms with Gasteiger partial charge in [-0.05, 0) is 69.5 Å². The lowest BCUT2D eigenvalue weighted by Gasteiger charge is -2.13. The fraction of sp³-hybridized carbons (Fsp3) is 0.268. The van der Waals surface area contributed by atoms with Crippen LogP contribution in [0.15, 0.2) is 97.9 Å². The summed E-state index contributed by atoms with van der Waals surface area (Å²) < 4.78 is 81.5. The van der Waals surface area contributed by atoms with Crippen LogP contribution in [0.25, 0.3) is 32.3 Å². The van der Waals surface area contributed by atoms with Crippen molar-refractivity contribution < 1.29 is 39.4 Å². The molecule has 27 heteroatoms. The van der Waals surface area contributed by atoms with E-state index in [2.05, 4.69) is 39.1 Å². The zero-order valence-electron chi connectivity index (χ0n) is 36.9. The summed E-state index contributed by atoms with van der Waals surface area (Å²) in [5.41, 5.74) is 21.5. The van der Waals surface area contributed by atoms with Crippen LogP contribution in [0.3, 0.4) is 0 Å². The number of nitrogens with one attached hydrogen (secondary N) is 3. The van der Waals surface area contributed by atoms with E-state index in [9.17, 15) is 30.0 Å². The molecule has 6 rings (SSSR count). The molecule has 0 aliphatic heterocycles. The van der Waals surface area contributed by atoms with Gasteiger partial charge in [-0.25, -0.2) is 49.6 Å². The number of halogens is 4. The highest BCUT2D eigenvalue weighted by molar-refractivity contribution is 7.90. The summed E-state index contributed by atoms with van der Waals surface area (Å²) in [5.74, 6) is -1.38. The lowest BCUT2D eigenvalue weighted by Crippen LogP contribution is -2.40. The third kappa shape index (κ3) is 14.2. The molecule has 68 heavy (non-hydrogen) atoms. The predicted molar refractivity (Wildman–Crippen MR) is 275 cm³/mol. The molecule has 0 saturated heterocycles. The first kappa shape index (κ1) is 55.4. The van der Waals surface area contributed by atoms with E-state index in [0.29, 0.717) is 60.2 Å². The predicted octanol–water partition coefficient (Wildman–Crippen LogP) is 7.16. The first-order chi connectivity index (χ1) is 31.7. The fourth-order valence-electron chi connectivity index (χ4n) is 5.82. The van der Waals surface area contributed by atoms with Crippen molar-refractivity contribution in [1.29, 1.82) is 0 Å². The van der Waals surface area contributed by atoms with Crippen LogP contribution in [-0.2, 0) is 34.9 Å². The number of nitrogens with zero attached hydrogens (tertiary/aromatic N) is 5. The van der Waals surface area contributed by atoms with Gasteiger partial charge in [0.05, 0.1) is 29.8 Å². The molecule has 0 fully saturated rings. The Morgan fingerprint density at radius 3 is 1.25 bits per heavy atom. The number of carboxylic acids is 1. The summed E-state index contributed by atoms with van der Waals surface area (Å²) in [5, 5.41) is 13.4. The van der Waals surface area contributed by atoms with E-state index < -0.39 is 42.1 Å². The van der Waals surface area contributed by atoms with Gasteiger partial charge in [-0.1, -0.05) is 85.4 Å². The first-order valence-electron chi connectivity index (χ1n) is 20.1. The second kappa shape index (κ2) is 23.4. The highest BCUT2D eigenvalue weighted by atomic mass is 35.5. The quantitative estimate of drug-likeness (QED) is 0.0287. The molecule has 12 N–H and O–H groups in total. The minimum Gasteiger partial charge on any atom is -0.480 e. The number of aromatic nitrogens is 3. The second-order valence-electron chi connectivity index (χ2n) is 14.7. The van der Waals surface area contributed by atoms with Crippen LogP contribution in [0.2, 0.25) is 20.2 Å². The zero-order valence-corrected chi connectivity index (χ0v) is 42.3. The van der Waals surface area contributed by atoms with Gasteiger partial charge in [-0.3, -0.25) is 4.79 Å². The van der Waals surface area contributed by atoms with Crippen molar-refractivity contribution in [1.82, 2.24) is 29.1 Å². The molecule has 3 atom stereocenters. The van der Waals surface area contributed by atoms with E-state index in [-0.39, 0.29) is 66.2 Å². The normalized spacial score (nSPS) is 13.1. The molecule has 0 unspecified atom stereocenters. The Labute approximate surface area is 417 Å². The smallest absolute Gasteiger partial charge is 0.321 e. The van der Waals surface area contributed by atoms with Crippen LogP contribution in [0.5, 0.6) is 0 Å². The number of fused-ring (bicyclic) bond motifs is 3. The van der Waals surface area contributed by atoms with Gasteiger partial charge >= 0.3 is 5.97 Å². The first-order valence-corrected chi connectivity index (χ1v) is 26.1. The number of hydrogen-bond acceptors (Lipinski definition) is 12. The van der Waals surface area contributed by atoms with Crippen molar-refractivity contribution in [2.24, 2.45) is 32.9 Å². The Morgan fingerprint density at radius 1 is 0.574 bits per heavy atom.